The Morgan fingerprint density at radius 2 is 0.735 bits per heavy atom. The SMILES string of the molecule is O=C(Cc1ccccc1)C(CCC(C(=O)Cc1ccccc1)c1ccccc1)c1ccccc1. The molecule has 2 atom stereocenters. The second kappa shape index (κ2) is 11.9. The molecular formula is C32H30O2. The summed E-state index contributed by atoms with van der Waals surface area (Å²) in [6, 6.07) is 39.7. The lowest BCUT2D eigenvalue weighted by atomic mass is 9.81. The van der Waals surface area contributed by atoms with Gasteiger partial charge in [-0.25, -0.2) is 0 Å². The van der Waals surface area contributed by atoms with Gasteiger partial charge >= 0.3 is 0 Å². The molecule has 0 amide bonds. The molecule has 0 heterocycles. The van der Waals surface area contributed by atoms with Crippen molar-refractivity contribution < 1.29 is 9.59 Å². The van der Waals surface area contributed by atoms with E-state index in [1.54, 1.807) is 0 Å². The summed E-state index contributed by atoms with van der Waals surface area (Å²) in [6.45, 7) is 0. The van der Waals surface area contributed by atoms with Gasteiger partial charge in [0.2, 0.25) is 0 Å². The Balaban J connectivity index is 1.55. The zero-order valence-corrected chi connectivity index (χ0v) is 19.3. The first-order valence-electron chi connectivity index (χ1n) is 11.9. The van der Waals surface area contributed by atoms with Crippen LogP contribution in [-0.4, -0.2) is 11.6 Å². The zero-order valence-electron chi connectivity index (χ0n) is 19.3. The van der Waals surface area contributed by atoms with Crippen LogP contribution in [-0.2, 0) is 22.4 Å². The van der Waals surface area contributed by atoms with E-state index in [0.717, 1.165) is 22.3 Å². The van der Waals surface area contributed by atoms with Crippen LogP contribution >= 0.6 is 0 Å². The highest BCUT2D eigenvalue weighted by molar-refractivity contribution is 5.89. The second-order valence-corrected chi connectivity index (χ2v) is 8.76. The van der Waals surface area contributed by atoms with E-state index in [9.17, 15) is 9.59 Å². The molecule has 0 aromatic heterocycles. The van der Waals surface area contributed by atoms with Crippen LogP contribution in [0.3, 0.4) is 0 Å². The number of carbonyl (C=O) groups excluding carboxylic acids is 2. The minimum atomic E-state index is -0.239. The largest absolute Gasteiger partial charge is 0.299 e. The number of benzene rings is 4. The van der Waals surface area contributed by atoms with Gasteiger partial charge in [-0.15, -0.1) is 0 Å². The fourth-order valence-corrected chi connectivity index (χ4v) is 4.57. The average molecular weight is 447 g/mol. The van der Waals surface area contributed by atoms with Crippen LogP contribution in [0.4, 0.5) is 0 Å². The lowest BCUT2D eigenvalue weighted by Crippen LogP contribution is -2.20. The minimum Gasteiger partial charge on any atom is -0.299 e. The maximum absolute atomic E-state index is 13.4. The maximum atomic E-state index is 13.4. The highest BCUT2D eigenvalue weighted by Crippen LogP contribution is 2.31. The van der Waals surface area contributed by atoms with Gasteiger partial charge in [0.05, 0.1) is 0 Å². The number of hydrogen-bond acceptors (Lipinski definition) is 2. The number of Topliss-reactive ketones (excluding diaryl/α,β-unsaturated/α-hetero) is 2. The molecule has 170 valence electrons. The van der Waals surface area contributed by atoms with Crippen molar-refractivity contribution in [1.29, 1.82) is 0 Å². The van der Waals surface area contributed by atoms with Gasteiger partial charge < -0.3 is 0 Å². The molecule has 0 spiro atoms. The molecule has 2 unspecified atom stereocenters. The first kappa shape index (κ1) is 23.4. The number of ketones is 2. The van der Waals surface area contributed by atoms with Gasteiger partial charge in [-0.05, 0) is 35.1 Å². The van der Waals surface area contributed by atoms with Crippen molar-refractivity contribution in [2.24, 2.45) is 0 Å². The minimum absolute atomic E-state index is 0.194. The van der Waals surface area contributed by atoms with Gasteiger partial charge in [-0.2, -0.15) is 0 Å². The Hall–Kier alpha value is -3.78. The molecule has 0 radical (unpaired) electrons. The van der Waals surface area contributed by atoms with Crippen LogP contribution in [0.25, 0.3) is 0 Å². The fourth-order valence-electron chi connectivity index (χ4n) is 4.57. The molecule has 0 aliphatic rings. The third-order valence-corrected chi connectivity index (χ3v) is 6.37. The van der Waals surface area contributed by atoms with Crippen LogP contribution in [0.1, 0.15) is 46.9 Å². The Morgan fingerprint density at radius 3 is 1.06 bits per heavy atom. The highest BCUT2D eigenvalue weighted by atomic mass is 16.1. The van der Waals surface area contributed by atoms with E-state index in [1.165, 1.54) is 0 Å². The third kappa shape index (κ3) is 6.39. The first-order valence-corrected chi connectivity index (χ1v) is 11.9. The Morgan fingerprint density at radius 1 is 0.441 bits per heavy atom. The molecule has 4 rings (SSSR count). The molecule has 0 saturated heterocycles. The molecule has 2 nitrogen and oxygen atoms in total. The summed E-state index contributed by atoms with van der Waals surface area (Å²) in [4.78, 5) is 26.9. The summed E-state index contributed by atoms with van der Waals surface area (Å²) in [5, 5.41) is 0. The molecule has 0 bridgehead atoms. The summed E-state index contributed by atoms with van der Waals surface area (Å²) < 4.78 is 0. The van der Waals surface area contributed by atoms with Crippen molar-refractivity contribution in [1.82, 2.24) is 0 Å². The summed E-state index contributed by atoms with van der Waals surface area (Å²) in [5.74, 6) is -0.0891. The molecular weight excluding hydrogens is 416 g/mol. The van der Waals surface area contributed by atoms with Crippen LogP contribution in [0, 0.1) is 0 Å². The van der Waals surface area contributed by atoms with Crippen LogP contribution < -0.4 is 0 Å². The number of carbonyl (C=O) groups is 2. The van der Waals surface area contributed by atoms with Crippen molar-refractivity contribution in [3.8, 4) is 0 Å². The molecule has 0 aliphatic carbocycles. The number of hydrogen-bond donors (Lipinski definition) is 0. The quantitative estimate of drug-likeness (QED) is 0.250. The molecule has 2 heteroatoms. The average Bonchev–Trinajstić information content (AvgIpc) is 2.89. The monoisotopic (exact) mass is 446 g/mol. The van der Waals surface area contributed by atoms with Crippen LogP contribution in [0.15, 0.2) is 121 Å². The second-order valence-electron chi connectivity index (χ2n) is 8.76. The zero-order chi connectivity index (χ0) is 23.6. The summed E-state index contributed by atoms with van der Waals surface area (Å²) >= 11 is 0. The predicted molar refractivity (Wildman–Crippen MR) is 138 cm³/mol. The van der Waals surface area contributed by atoms with Gasteiger partial charge in [0, 0.05) is 24.7 Å². The lowest BCUT2D eigenvalue weighted by Gasteiger charge is -2.21. The Kier molecular flexibility index (Phi) is 8.18. The van der Waals surface area contributed by atoms with Crippen molar-refractivity contribution in [2.75, 3.05) is 0 Å². The van der Waals surface area contributed by atoms with E-state index in [0.29, 0.717) is 25.7 Å². The van der Waals surface area contributed by atoms with Gasteiger partial charge in [0.25, 0.3) is 0 Å². The third-order valence-electron chi connectivity index (χ3n) is 6.37. The van der Waals surface area contributed by atoms with Gasteiger partial charge in [0.15, 0.2) is 0 Å². The Labute approximate surface area is 202 Å². The van der Waals surface area contributed by atoms with Crippen molar-refractivity contribution in [2.45, 2.75) is 37.5 Å². The topological polar surface area (TPSA) is 34.1 Å². The first-order chi connectivity index (χ1) is 16.7. The lowest BCUT2D eigenvalue weighted by molar-refractivity contribution is -0.122. The molecule has 34 heavy (non-hydrogen) atoms. The van der Waals surface area contributed by atoms with Crippen LogP contribution in [0.5, 0.6) is 0 Å². The maximum Gasteiger partial charge on any atom is 0.144 e. The smallest absolute Gasteiger partial charge is 0.144 e. The summed E-state index contributed by atoms with van der Waals surface area (Å²) in [6.07, 6.45) is 2.06. The van der Waals surface area contributed by atoms with Crippen molar-refractivity contribution >= 4 is 11.6 Å². The van der Waals surface area contributed by atoms with Gasteiger partial charge in [0.1, 0.15) is 11.6 Å². The molecule has 4 aromatic rings. The molecule has 0 saturated carbocycles. The van der Waals surface area contributed by atoms with E-state index in [-0.39, 0.29) is 23.4 Å². The van der Waals surface area contributed by atoms with Gasteiger partial charge in [-0.3, -0.25) is 9.59 Å². The summed E-state index contributed by atoms with van der Waals surface area (Å²) in [7, 11) is 0. The van der Waals surface area contributed by atoms with E-state index < -0.39 is 0 Å². The molecule has 0 N–H and O–H groups in total. The van der Waals surface area contributed by atoms with Crippen LogP contribution in [0.2, 0.25) is 0 Å². The van der Waals surface area contributed by atoms with E-state index in [1.807, 2.05) is 121 Å². The molecule has 0 aliphatic heterocycles. The standard InChI is InChI=1S/C32H30O2/c33-31(23-25-13-5-1-6-14-25)29(27-17-9-3-10-18-27)21-22-30(28-19-11-4-12-20-28)32(34)24-26-15-7-2-8-16-26/h1-20,29-30H,21-24H2. The normalized spacial score (nSPS) is 12.6. The Bertz CT molecular complexity index is 1070. The highest BCUT2D eigenvalue weighted by Gasteiger charge is 2.26. The molecule has 0 fully saturated rings. The predicted octanol–water partition coefficient (Wildman–Crippen LogP) is 6.96. The number of rotatable bonds is 11. The van der Waals surface area contributed by atoms with E-state index in [2.05, 4.69) is 0 Å². The fraction of sp³-hybridized carbons (Fsp3) is 0.188. The van der Waals surface area contributed by atoms with Gasteiger partial charge in [-0.1, -0.05) is 121 Å². The van der Waals surface area contributed by atoms with E-state index in [4.69, 9.17) is 0 Å². The van der Waals surface area contributed by atoms with Crippen molar-refractivity contribution in [3.63, 3.8) is 0 Å². The summed E-state index contributed by atoms with van der Waals surface area (Å²) in [5.41, 5.74) is 4.08. The molecule has 4 aromatic carbocycles. The van der Waals surface area contributed by atoms with Crippen molar-refractivity contribution in [3.05, 3.63) is 144 Å². The van der Waals surface area contributed by atoms with E-state index >= 15 is 0 Å².